The van der Waals surface area contributed by atoms with Gasteiger partial charge in [-0.1, -0.05) is 18.2 Å². The molecule has 1 fully saturated rings. The van der Waals surface area contributed by atoms with Crippen molar-refractivity contribution in [1.29, 1.82) is 0 Å². The third-order valence-corrected chi connectivity index (χ3v) is 3.31. The molecular weight excluding hydrogens is 196 g/mol. The van der Waals surface area contributed by atoms with Crippen molar-refractivity contribution in [3.8, 4) is 0 Å². The molecule has 1 rings (SSSR count). The fourth-order valence-electron chi connectivity index (χ4n) is 1.92. The minimum absolute atomic E-state index is 0.222. The van der Waals surface area contributed by atoms with Crippen molar-refractivity contribution in [3.05, 3.63) is 12.7 Å². The van der Waals surface area contributed by atoms with Crippen molar-refractivity contribution in [2.75, 3.05) is 0 Å². The van der Waals surface area contributed by atoms with E-state index in [1.54, 1.807) is 20.8 Å². The van der Waals surface area contributed by atoms with Crippen LogP contribution in [0.25, 0.3) is 0 Å². The predicted molar refractivity (Wildman–Crippen MR) is 54.9 cm³/mol. The van der Waals surface area contributed by atoms with Gasteiger partial charge in [-0.15, -0.1) is 6.58 Å². The van der Waals surface area contributed by atoms with E-state index < -0.39 is 16.9 Å². The number of carbonyl (C=O) groups is 1. The van der Waals surface area contributed by atoms with Crippen molar-refractivity contribution in [1.82, 2.24) is 5.06 Å². The average Bonchev–Trinajstić information content (AvgIpc) is 2.39. The first-order chi connectivity index (χ1) is 6.88. The first-order valence-corrected chi connectivity index (χ1v) is 4.78. The van der Waals surface area contributed by atoms with Crippen molar-refractivity contribution in [3.63, 3.8) is 0 Å². The zero-order valence-electron chi connectivity index (χ0n) is 9.19. The van der Waals surface area contributed by atoms with E-state index in [1.807, 2.05) is 0 Å². The van der Waals surface area contributed by atoms with Crippen LogP contribution < -0.4 is 0 Å². The van der Waals surface area contributed by atoms with Crippen molar-refractivity contribution < 1.29 is 15.2 Å². The van der Waals surface area contributed by atoms with Crippen LogP contribution in [0.1, 0.15) is 27.2 Å². The Morgan fingerprint density at radius 1 is 1.60 bits per heavy atom. The van der Waals surface area contributed by atoms with Crippen molar-refractivity contribution in [2.24, 2.45) is 10.6 Å². The number of hydrogen-bond donors (Lipinski definition) is 2. The Kier molecular flexibility index (Phi) is 2.61. The first-order valence-electron chi connectivity index (χ1n) is 4.78. The third-order valence-electron chi connectivity index (χ3n) is 3.31. The SMILES string of the molecule is C=CC1(C)/C(=N/O)C(C)(CC)C(=O)N1O. The topological polar surface area (TPSA) is 73.1 Å². The molecule has 15 heavy (non-hydrogen) atoms. The van der Waals surface area contributed by atoms with Crippen LogP contribution in [-0.4, -0.2) is 32.6 Å². The number of amides is 1. The zero-order chi connectivity index (χ0) is 11.9. The lowest BCUT2D eigenvalue weighted by molar-refractivity contribution is -0.175. The molecule has 0 saturated carbocycles. The summed E-state index contributed by atoms with van der Waals surface area (Å²) in [5.41, 5.74) is -1.87. The maximum absolute atomic E-state index is 11.8. The van der Waals surface area contributed by atoms with Crippen molar-refractivity contribution in [2.45, 2.75) is 32.7 Å². The summed E-state index contributed by atoms with van der Waals surface area (Å²) in [6.07, 6.45) is 1.84. The number of rotatable bonds is 2. The highest BCUT2D eigenvalue weighted by atomic mass is 16.5. The van der Waals surface area contributed by atoms with E-state index >= 15 is 0 Å². The maximum atomic E-state index is 11.8. The van der Waals surface area contributed by atoms with E-state index in [9.17, 15) is 10.0 Å². The molecular formula is C10H16N2O3. The summed E-state index contributed by atoms with van der Waals surface area (Å²) in [4.78, 5) is 11.8. The molecule has 0 aliphatic carbocycles. The molecule has 2 unspecified atom stereocenters. The van der Waals surface area contributed by atoms with Crippen LogP contribution in [-0.2, 0) is 4.79 Å². The zero-order valence-corrected chi connectivity index (χ0v) is 9.19. The van der Waals surface area contributed by atoms with Gasteiger partial charge in [0.2, 0.25) is 0 Å². The molecule has 0 aromatic rings. The minimum atomic E-state index is -1.13. The molecule has 1 heterocycles. The minimum Gasteiger partial charge on any atom is -0.411 e. The number of hydrogen-bond acceptors (Lipinski definition) is 4. The molecule has 1 aliphatic rings. The van der Waals surface area contributed by atoms with Gasteiger partial charge >= 0.3 is 0 Å². The smallest absolute Gasteiger partial charge is 0.258 e. The largest absolute Gasteiger partial charge is 0.411 e. The van der Waals surface area contributed by atoms with Crippen LogP contribution >= 0.6 is 0 Å². The normalized spacial score (nSPS) is 38.8. The molecule has 0 radical (unpaired) electrons. The standard InChI is InChI=1S/C10H16N2O3/c1-5-9(3)7(11-14)10(4,6-2)12(15)8(9)13/h6,14-15H,2,5H2,1,3-4H3/b11-7+. The van der Waals surface area contributed by atoms with Gasteiger partial charge in [0.25, 0.3) is 5.91 Å². The van der Waals surface area contributed by atoms with Gasteiger partial charge in [-0.3, -0.25) is 10.0 Å². The van der Waals surface area contributed by atoms with Gasteiger partial charge in [0.05, 0.1) is 5.41 Å². The number of nitrogens with zero attached hydrogens (tertiary/aromatic N) is 2. The fourth-order valence-corrected chi connectivity index (χ4v) is 1.92. The summed E-state index contributed by atoms with van der Waals surface area (Å²) in [5.74, 6) is -0.472. The van der Waals surface area contributed by atoms with Crippen LogP contribution in [0, 0.1) is 5.41 Å². The predicted octanol–water partition coefficient (Wildman–Crippen LogP) is 1.41. The second kappa shape index (κ2) is 3.34. The van der Waals surface area contributed by atoms with E-state index in [-0.39, 0.29) is 5.71 Å². The summed E-state index contributed by atoms with van der Waals surface area (Å²) in [7, 11) is 0. The fraction of sp³-hybridized carbons (Fsp3) is 0.600. The molecule has 0 aromatic heterocycles. The monoisotopic (exact) mass is 212 g/mol. The Morgan fingerprint density at radius 3 is 2.47 bits per heavy atom. The molecule has 1 amide bonds. The lowest BCUT2D eigenvalue weighted by atomic mass is 9.78. The molecule has 5 nitrogen and oxygen atoms in total. The van der Waals surface area contributed by atoms with Crippen molar-refractivity contribution >= 4 is 11.6 Å². The van der Waals surface area contributed by atoms with Crippen LogP contribution in [0.2, 0.25) is 0 Å². The number of oxime groups is 1. The van der Waals surface area contributed by atoms with Gasteiger partial charge in [-0.25, -0.2) is 5.06 Å². The quantitative estimate of drug-likeness (QED) is 0.314. The van der Waals surface area contributed by atoms with E-state index in [2.05, 4.69) is 11.7 Å². The van der Waals surface area contributed by atoms with Crippen LogP contribution in [0.3, 0.4) is 0 Å². The van der Waals surface area contributed by atoms with Gasteiger partial charge < -0.3 is 5.21 Å². The lowest BCUT2D eigenvalue weighted by Gasteiger charge is -2.26. The molecule has 2 N–H and O–H groups in total. The van der Waals surface area contributed by atoms with Crippen LogP contribution in [0.5, 0.6) is 0 Å². The van der Waals surface area contributed by atoms with Gasteiger partial charge in [0.1, 0.15) is 11.3 Å². The second-order valence-electron chi connectivity index (χ2n) is 4.10. The molecule has 0 spiro atoms. The Balaban J connectivity index is 3.41. The second-order valence-corrected chi connectivity index (χ2v) is 4.10. The van der Waals surface area contributed by atoms with Crippen LogP contribution in [0.15, 0.2) is 17.8 Å². The molecule has 5 heteroatoms. The van der Waals surface area contributed by atoms with E-state index in [1.165, 1.54) is 6.08 Å². The van der Waals surface area contributed by atoms with E-state index in [4.69, 9.17) is 5.21 Å². The van der Waals surface area contributed by atoms with Gasteiger partial charge in [-0.05, 0) is 20.3 Å². The van der Waals surface area contributed by atoms with Gasteiger partial charge in [0, 0.05) is 0 Å². The van der Waals surface area contributed by atoms with Crippen LogP contribution in [0.4, 0.5) is 0 Å². The third kappa shape index (κ3) is 1.19. The lowest BCUT2D eigenvalue weighted by Crippen LogP contribution is -2.43. The highest BCUT2D eigenvalue weighted by Crippen LogP contribution is 2.41. The van der Waals surface area contributed by atoms with E-state index in [0.29, 0.717) is 11.5 Å². The number of carbonyl (C=O) groups excluding carboxylic acids is 1. The molecule has 0 bridgehead atoms. The highest BCUT2D eigenvalue weighted by molar-refractivity contribution is 6.19. The molecule has 84 valence electrons. The molecule has 1 saturated heterocycles. The van der Waals surface area contributed by atoms with E-state index in [0.717, 1.165) is 0 Å². The Morgan fingerprint density at radius 2 is 2.13 bits per heavy atom. The molecule has 0 aromatic carbocycles. The summed E-state index contributed by atoms with van der Waals surface area (Å²) < 4.78 is 0. The van der Waals surface area contributed by atoms with Gasteiger partial charge in [0.15, 0.2) is 0 Å². The Labute approximate surface area is 88.6 Å². The first kappa shape index (κ1) is 11.7. The number of hydroxylamine groups is 2. The molecule has 2 atom stereocenters. The summed E-state index contributed by atoms with van der Waals surface area (Å²) in [6.45, 7) is 8.57. The Hall–Kier alpha value is -1.36. The van der Waals surface area contributed by atoms with Gasteiger partial charge in [-0.2, -0.15) is 0 Å². The summed E-state index contributed by atoms with van der Waals surface area (Å²) in [5, 5.41) is 22.4. The Bertz CT molecular complexity index is 340. The summed E-state index contributed by atoms with van der Waals surface area (Å²) in [6, 6.07) is 0. The summed E-state index contributed by atoms with van der Waals surface area (Å²) >= 11 is 0. The average molecular weight is 212 g/mol. The maximum Gasteiger partial charge on any atom is 0.258 e. The molecule has 1 aliphatic heterocycles. The highest BCUT2D eigenvalue weighted by Gasteiger charge is 2.59.